The monoisotopic (exact) mass is 265 g/mol. The Bertz CT molecular complexity index is 462. The van der Waals surface area contributed by atoms with Gasteiger partial charge in [0.25, 0.3) is 5.91 Å². The van der Waals surface area contributed by atoms with E-state index >= 15 is 0 Å². The number of hydrogen-bond acceptors (Lipinski definition) is 3. The minimum absolute atomic E-state index is 0.0413. The van der Waals surface area contributed by atoms with Crippen molar-refractivity contribution in [2.24, 2.45) is 5.92 Å². The minimum atomic E-state index is -0.321. The number of amides is 1. The molecule has 19 heavy (non-hydrogen) atoms. The molecule has 1 saturated heterocycles. The predicted octanol–water partition coefficient (Wildman–Crippen LogP) is 1.50. The van der Waals surface area contributed by atoms with Crippen LogP contribution in [-0.4, -0.2) is 31.3 Å². The van der Waals surface area contributed by atoms with E-state index in [1.54, 1.807) is 0 Å². The number of benzene rings is 1. The Labute approximate surface area is 110 Å². The Morgan fingerprint density at radius 3 is 2.95 bits per heavy atom. The fourth-order valence-corrected chi connectivity index (χ4v) is 2.69. The van der Waals surface area contributed by atoms with Gasteiger partial charge in [0.15, 0.2) is 6.61 Å². The molecule has 3 rings (SSSR count). The number of ether oxygens (including phenoxy) is 2. The van der Waals surface area contributed by atoms with Crippen molar-refractivity contribution in [2.75, 3.05) is 13.2 Å². The molecule has 1 aromatic rings. The van der Waals surface area contributed by atoms with E-state index in [-0.39, 0.29) is 24.4 Å². The lowest BCUT2D eigenvalue weighted by Gasteiger charge is -2.39. The van der Waals surface area contributed by atoms with E-state index in [0.29, 0.717) is 17.8 Å². The summed E-state index contributed by atoms with van der Waals surface area (Å²) < 4.78 is 23.5. The molecule has 0 aromatic heterocycles. The molecule has 1 aliphatic carbocycles. The van der Waals surface area contributed by atoms with Gasteiger partial charge in [-0.2, -0.15) is 0 Å². The van der Waals surface area contributed by atoms with E-state index in [0.717, 1.165) is 19.4 Å². The van der Waals surface area contributed by atoms with Crippen molar-refractivity contribution in [3.63, 3.8) is 0 Å². The Kier molecular flexibility index (Phi) is 3.38. The summed E-state index contributed by atoms with van der Waals surface area (Å²) in [6, 6.07) is 5.84. The molecule has 5 heteroatoms. The first-order valence-corrected chi connectivity index (χ1v) is 6.52. The predicted molar refractivity (Wildman–Crippen MR) is 66.3 cm³/mol. The van der Waals surface area contributed by atoms with E-state index in [9.17, 15) is 9.18 Å². The second kappa shape index (κ2) is 5.17. The van der Waals surface area contributed by atoms with E-state index in [1.165, 1.54) is 24.3 Å². The average Bonchev–Trinajstić information content (AvgIpc) is 2.77. The van der Waals surface area contributed by atoms with Crippen LogP contribution in [0, 0.1) is 11.7 Å². The number of hydrogen-bond donors (Lipinski definition) is 1. The summed E-state index contributed by atoms with van der Waals surface area (Å²) in [4.78, 5) is 11.7. The third-order valence-corrected chi connectivity index (χ3v) is 3.79. The Morgan fingerprint density at radius 1 is 1.42 bits per heavy atom. The van der Waals surface area contributed by atoms with E-state index in [4.69, 9.17) is 9.47 Å². The van der Waals surface area contributed by atoms with E-state index in [1.807, 2.05) is 0 Å². The van der Waals surface area contributed by atoms with Crippen LogP contribution in [0.15, 0.2) is 24.3 Å². The molecule has 1 heterocycles. The summed E-state index contributed by atoms with van der Waals surface area (Å²) in [7, 11) is 0. The molecule has 2 aliphatic rings. The molecule has 102 valence electrons. The third kappa shape index (κ3) is 2.71. The van der Waals surface area contributed by atoms with E-state index in [2.05, 4.69) is 5.32 Å². The summed E-state index contributed by atoms with van der Waals surface area (Å²) in [5, 5.41) is 2.95. The van der Waals surface area contributed by atoms with Gasteiger partial charge in [-0.25, -0.2) is 4.39 Å². The van der Waals surface area contributed by atoms with Crippen LogP contribution in [0.2, 0.25) is 0 Å². The fourth-order valence-electron chi connectivity index (χ4n) is 2.69. The quantitative estimate of drug-likeness (QED) is 0.897. The standard InChI is InChI=1S/C14H16FNO3/c15-9-1-3-10(4-2-9)19-8-14(17)16-12-7-13-11(12)5-6-18-13/h1-4,11-13H,5-8H2,(H,16,17)/t11-,12+,13+/m1/s1. The summed E-state index contributed by atoms with van der Waals surface area (Å²) in [5.41, 5.74) is 0. The van der Waals surface area contributed by atoms with Crippen molar-refractivity contribution in [2.45, 2.75) is 25.0 Å². The van der Waals surface area contributed by atoms with Crippen LogP contribution in [0.1, 0.15) is 12.8 Å². The molecule has 1 amide bonds. The molecular formula is C14H16FNO3. The summed E-state index contributed by atoms with van der Waals surface area (Å²) in [5.74, 6) is 0.500. The largest absolute Gasteiger partial charge is 0.484 e. The zero-order chi connectivity index (χ0) is 13.2. The highest BCUT2D eigenvalue weighted by Crippen LogP contribution is 2.38. The van der Waals surface area contributed by atoms with Gasteiger partial charge in [-0.1, -0.05) is 0 Å². The highest BCUT2D eigenvalue weighted by atomic mass is 19.1. The SMILES string of the molecule is O=C(COc1ccc(F)cc1)N[C@H]1C[C@@H]2OCC[C@H]12. The van der Waals surface area contributed by atoms with Gasteiger partial charge < -0.3 is 14.8 Å². The molecule has 1 aliphatic heterocycles. The maximum absolute atomic E-state index is 12.7. The Hall–Kier alpha value is -1.62. The number of carbonyl (C=O) groups excluding carboxylic acids is 1. The molecular weight excluding hydrogens is 249 g/mol. The second-order valence-electron chi connectivity index (χ2n) is 5.01. The zero-order valence-corrected chi connectivity index (χ0v) is 10.5. The van der Waals surface area contributed by atoms with Gasteiger partial charge in [-0.15, -0.1) is 0 Å². The van der Waals surface area contributed by atoms with Crippen LogP contribution in [0.3, 0.4) is 0 Å². The third-order valence-electron chi connectivity index (χ3n) is 3.79. The summed E-state index contributed by atoms with van der Waals surface area (Å²) in [6.07, 6.45) is 2.25. The maximum atomic E-state index is 12.7. The number of carbonyl (C=O) groups is 1. The molecule has 2 fully saturated rings. The first-order chi connectivity index (χ1) is 9.22. The van der Waals surface area contributed by atoms with Gasteiger partial charge in [0.2, 0.25) is 0 Å². The summed E-state index contributed by atoms with van der Waals surface area (Å²) >= 11 is 0. The van der Waals surface area contributed by atoms with Crippen LogP contribution < -0.4 is 10.1 Å². The smallest absolute Gasteiger partial charge is 0.258 e. The van der Waals surface area contributed by atoms with Crippen molar-refractivity contribution < 1.29 is 18.7 Å². The molecule has 1 aromatic carbocycles. The molecule has 0 spiro atoms. The van der Waals surface area contributed by atoms with Crippen LogP contribution in [0.5, 0.6) is 5.75 Å². The molecule has 1 saturated carbocycles. The van der Waals surface area contributed by atoms with Crippen molar-refractivity contribution in [3.8, 4) is 5.75 Å². The van der Waals surface area contributed by atoms with Gasteiger partial charge in [0, 0.05) is 18.6 Å². The van der Waals surface area contributed by atoms with Gasteiger partial charge in [-0.3, -0.25) is 4.79 Å². The van der Waals surface area contributed by atoms with Crippen LogP contribution in [0.4, 0.5) is 4.39 Å². The van der Waals surface area contributed by atoms with Crippen LogP contribution in [-0.2, 0) is 9.53 Å². The topological polar surface area (TPSA) is 47.6 Å². The normalized spacial score (nSPS) is 28.4. The molecule has 3 atom stereocenters. The number of halogens is 1. The fraction of sp³-hybridized carbons (Fsp3) is 0.500. The lowest BCUT2D eigenvalue weighted by molar-refractivity contribution is -0.126. The zero-order valence-electron chi connectivity index (χ0n) is 10.5. The molecule has 0 bridgehead atoms. The van der Waals surface area contributed by atoms with Crippen LogP contribution >= 0.6 is 0 Å². The van der Waals surface area contributed by atoms with Crippen molar-refractivity contribution in [1.82, 2.24) is 5.32 Å². The average molecular weight is 265 g/mol. The highest BCUT2D eigenvalue weighted by molar-refractivity contribution is 5.78. The van der Waals surface area contributed by atoms with E-state index < -0.39 is 0 Å². The molecule has 0 unspecified atom stereocenters. The minimum Gasteiger partial charge on any atom is -0.484 e. The Balaban J connectivity index is 1.43. The van der Waals surface area contributed by atoms with Crippen molar-refractivity contribution >= 4 is 5.91 Å². The first kappa shape index (κ1) is 12.4. The van der Waals surface area contributed by atoms with Gasteiger partial charge in [0.1, 0.15) is 11.6 Å². The first-order valence-electron chi connectivity index (χ1n) is 6.52. The van der Waals surface area contributed by atoms with Gasteiger partial charge >= 0.3 is 0 Å². The maximum Gasteiger partial charge on any atom is 0.258 e. The van der Waals surface area contributed by atoms with Gasteiger partial charge in [-0.05, 0) is 37.1 Å². The lowest BCUT2D eigenvalue weighted by atomic mass is 9.76. The number of nitrogens with one attached hydrogen (secondary N) is 1. The highest BCUT2D eigenvalue weighted by Gasteiger charge is 2.45. The van der Waals surface area contributed by atoms with Gasteiger partial charge in [0.05, 0.1) is 6.10 Å². The molecule has 1 N–H and O–H groups in total. The van der Waals surface area contributed by atoms with Crippen LogP contribution in [0.25, 0.3) is 0 Å². The molecule has 0 radical (unpaired) electrons. The van der Waals surface area contributed by atoms with Crippen molar-refractivity contribution in [3.05, 3.63) is 30.1 Å². The number of rotatable bonds is 4. The second-order valence-corrected chi connectivity index (χ2v) is 5.01. The Morgan fingerprint density at radius 2 is 2.21 bits per heavy atom. The van der Waals surface area contributed by atoms with Crippen molar-refractivity contribution in [1.29, 1.82) is 0 Å². The summed E-state index contributed by atoms with van der Waals surface area (Å²) in [6.45, 7) is 0.758. The lowest BCUT2D eigenvalue weighted by Crippen LogP contribution is -2.54. The number of fused-ring (bicyclic) bond motifs is 1. The molecule has 4 nitrogen and oxygen atoms in total.